The van der Waals surface area contributed by atoms with Crippen molar-refractivity contribution < 1.29 is 52.8 Å². The lowest BCUT2D eigenvalue weighted by atomic mass is 9.44. The monoisotopic (exact) mass is 714 g/mol. The number of aliphatic hydroxyl groups is 2. The van der Waals surface area contributed by atoms with E-state index in [1.807, 2.05) is 0 Å². The first-order valence-corrected chi connectivity index (χ1v) is 20.6. The van der Waals surface area contributed by atoms with Crippen LogP contribution in [0.5, 0.6) is 0 Å². The summed E-state index contributed by atoms with van der Waals surface area (Å²) in [6.07, 6.45) is -6.06. The van der Waals surface area contributed by atoms with E-state index in [0.717, 1.165) is 18.1 Å². The number of fused-ring (bicyclic) bond motifs is 5. The smallest absolute Gasteiger partial charge is 0.338 e. The van der Waals surface area contributed by atoms with Gasteiger partial charge in [0.1, 0.15) is 17.8 Å². The largest absolute Gasteiger partial charge is 0.455 e. The summed E-state index contributed by atoms with van der Waals surface area (Å²) >= 11 is 0. The van der Waals surface area contributed by atoms with Gasteiger partial charge in [0, 0.05) is 31.6 Å². The molecule has 2 N–H and O–H groups in total. The topological polar surface area (TPSA) is 155 Å². The molecule has 3 aliphatic carbocycles. The van der Waals surface area contributed by atoms with E-state index >= 15 is 4.79 Å². The maximum absolute atomic E-state index is 15.8. The van der Waals surface area contributed by atoms with E-state index in [0.29, 0.717) is 5.57 Å². The van der Waals surface area contributed by atoms with E-state index in [-0.39, 0.29) is 37.0 Å². The molecule has 1 heterocycles. The minimum absolute atomic E-state index is 0.0223. The number of hydrogen-bond donors (Lipinski definition) is 2. The van der Waals surface area contributed by atoms with Crippen LogP contribution >= 0.6 is 0 Å². The number of ether oxygens (including phenoxy) is 4. The third-order valence-corrected chi connectivity index (χ3v) is 17.4. The summed E-state index contributed by atoms with van der Waals surface area (Å²) in [7, 11) is -2.48. The molecule has 9 atom stereocenters. The van der Waals surface area contributed by atoms with Crippen LogP contribution in [0.4, 0.5) is 0 Å². The predicted octanol–water partition coefficient (Wildman–Crippen LogP) is 5.07. The molecule has 1 aliphatic heterocycles. The number of benzene rings is 1. The van der Waals surface area contributed by atoms with Gasteiger partial charge in [-0.25, -0.2) is 4.79 Å². The lowest BCUT2D eigenvalue weighted by Crippen LogP contribution is -2.82. The van der Waals surface area contributed by atoms with Crippen molar-refractivity contribution in [3.8, 4) is 0 Å². The Labute approximate surface area is 296 Å². The summed E-state index contributed by atoms with van der Waals surface area (Å²) in [6, 6.07) is 10.6. The molecule has 50 heavy (non-hydrogen) atoms. The fourth-order valence-electron chi connectivity index (χ4n) is 9.41. The highest BCUT2D eigenvalue weighted by atomic mass is 28.4. The minimum atomic E-state index is -2.48. The van der Waals surface area contributed by atoms with Crippen LogP contribution in [0.15, 0.2) is 41.5 Å². The van der Waals surface area contributed by atoms with Crippen molar-refractivity contribution in [2.75, 3.05) is 6.61 Å². The molecule has 1 aromatic rings. The Balaban J connectivity index is 1.88. The van der Waals surface area contributed by atoms with E-state index < -0.39 is 90.5 Å². The van der Waals surface area contributed by atoms with Gasteiger partial charge in [-0.2, -0.15) is 0 Å². The molecule has 1 aromatic carbocycles. The van der Waals surface area contributed by atoms with Crippen molar-refractivity contribution in [2.24, 2.45) is 16.7 Å². The molecule has 1 saturated heterocycles. The lowest BCUT2D eigenvalue weighted by molar-refractivity contribution is -0.344. The van der Waals surface area contributed by atoms with Crippen molar-refractivity contribution >= 4 is 32.0 Å². The van der Waals surface area contributed by atoms with Crippen molar-refractivity contribution in [3.63, 3.8) is 0 Å². The number of Topliss-reactive ketones (excluding diaryl/α,β-unsaturated/α-hetero) is 1. The van der Waals surface area contributed by atoms with Gasteiger partial charge in [-0.05, 0) is 55.3 Å². The summed E-state index contributed by atoms with van der Waals surface area (Å²) in [6.45, 7) is 15.8. The highest BCUT2D eigenvalue weighted by Crippen LogP contribution is 2.65. The molecule has 11 nitrogen and oxygen atoms in total. The van der Waals surface area contributed by atoms with Gasteiger partial charge in [0.2, 0.25) is 0 Å². The normalized spacial score (nSPS) is 36.2. The Morgan fingerprint density at radius 2 is 1.62 bits per heavy atom. The number of carbonyl (C=O) groups excluding carboxylic acids is 4. The molecule has 276 valence electrons. The Morgan fingerprint density at radius 3 is 2.14 bits per heavy atom. The minimum Gasteiger partial charge on any atom is -0.455 e. The molecule has 2 bridgehead atoms. The van der Waals surface area contributed by atoms with Crippen LogP contribution in [0.25, 0.3) is 0 Å². The van der Waals surface area contributed by atoms with Gasteiger partial charge in [-0.3, -0.25) is 14.4 Å². The predicted molar refractivity (Wildman–Crippen MR) is 185 cm³/mol. The second-order valence-electron chi connectivity index (χ2n) is 15.3. The molecule has 3 fully saturated rings. The molecule has 4 aliphatic rings. The Hall–Kier alpha value is -2.90. The molecule has 2 unspecified atom stereocenters. The standard InChI is InChI=1S/C38H54O11Si/c1-10-28(41)46-30-29-22(5)25(40)20-38(44,35(29,7)8)33(47-34(43)24-17-15-14-16-18-24)31-36(9,32(30)42)26(49-50(11-2,12-3)13-4)19-27-37(31,21-45-27)48-23(6)39/h14-18,25-27,30-31,33,40,44H,10-13,19-21H2,1-9H3/t25-,26-,27+,30+,31?,33?,36+,37-,38+/m0/s1. The maximum Gasteiger partial charge on any atom is 0.338 e. The molecule has 0 aromatic heterocycles. The van der Waals surface area contributed by atoms with Gasteiger partial charge in [0.05, 0.1) is 35.7 Å². The molecular formula is C38H54O11Si. The fraction of sp³-hybridized carbons (Fsp3) is 0.684. The van der Waals surface area contributed by atoms with Crippen LogP contribution in [-0.2, 0) is 37.8 Å². The average Bonchev–Trinajstić information content (AvgIpc) is 3.08. The summed E-state index contributed by atoms with van der Waals surface area (Å²) in [5.41, 5.74) is -5.81. The third kappa shape index (κ3) is 5.69. The van der Waals surface area contributed by atoms with Crippen molar-refractivity contribution in [3.05, 3.63) is 47.0 Å². The number of rotatable bonds is 10. The van der Waals surface area contributed by atoms with Crippen LogP contribution in [0.3, 0.4) is 0 Å². The highest BCUT2D eigenvalue weighted by molar-refractivity contribution is 6.73. The van der Waals surface area contributed by atoms with Crippen molar-refractivity contribution in [1.29, 1.82) is 0 Å². The zero-order valence-electron chi connectivity index (χ0n) is 30.9. The van der Waals surface area contributed by atoms with Crippen molar-refractivity contribution in [2.45, 2.75) is 141 Å². The van der Waals surface area contributed by atoms with Crippen LogP contribution in [0.1, 0.15) is 91.9 Å². The van der Waals surface area contributed by atoms with Crippen molar-refractivity contribution in [1.82, 2.24) is 0 Å². The molecule has 0 amide bonds. The molecule has 5 rings (SSSR count). The SMILES string of the molecule is CCC(=O)O[C@H]1C(=O)[C@@]2(C)C(C(OC(=O)c3ccccc3)[C@]3(O)C[C@H](O)C(C)=C1C3(C)C)[C@]1(OC(C)=O)CO[C@@H]1C[C@@H]2O[Si](CC)(CC)CC. The van der Waals surface area contributed by atoms with E-state index in [1.54, 1.807) is 65.0 Å². The first-order chi connectivity index (χ1) is 23.4. The number of aliphatic hydroxyl groups excluding tert-OH is 1. The Bertz CT molecular complexity index is 1530. The molecule has 0 radical (unpaired) electrons. The number of hydrogen-bond acceptors (Lipinski definition) is 11. The quantitative estimate of drug-likeness (QED) is 0.144. The van der Waals surface area contributed by atoms with Crippen LogP contribution < -0.4 is 0 Å². The highest BCUT2D eigenvalue weighted by Gasteiger charge is 2.78. The van der Waals surface area contributed by atoms with Gasteiger partial charge >= 0.3 is 17.9 Å². The van der Waals surface area contributed by atoms with Gasteiger partial charge < -0.3 is 33.6 Å². The lowest BCUT2D eigenvalue weighted by Gasteiger charge is -2.68. The second kappa shape index (κ2) is 13.6. The Kier molecular flexibility index (Phi) is 10.4. The first kappa shape index (κ1) is 38.3. The zero-order valence-corrected chi connectivity index (χ0v) is 31.9. The number of esters is 3. The number of ketones is 1. The molecule has 2 saturated carbocycles. The fourth-order valence-corrected chi connectivity index (χ4v) is 12.4. The third-order valence-electron chi connectivity index (χ3n) is 12.8. The summed E-state index contributed by atoms with van der Waals surface area (Å²) in [4.78, 5) is 56.1. The molecule has 12 heteroatoms. The van der Waals surface area contributed by atoms with Crippen LogP contribution in [0, 0.1) is 16.7 Å². The molecular weight excluding hydrogens is 660 g/mol. The maximum atomic E-state index is 15.8. The molecule has 0 spiro atoms. The summed E-state index contributed by atoms with van der Waals surface area (Å²) < 4.78 is 32.1. The van der Waals surface area contributed by atoms with Gasteiger partial charge in [-0.1, -0.05) is 59.7 Å². The Morgan fingerprint density at radius 1 is 1.00 bits per heavy atom. The zero-order chi connectivity index (χ0) is 37.0. The van der Waals surface area contributed by atoms with Gasteiger partial charge in [-0.15, -0.1) is 0 Å². The van der Waals surface area contributed by atoms with E-state index in [1.165, 1.54) is 6.92 Å². The van der Waals surface area contributed by atoms with E-state index in [4.69, 9.17) is 23.4 Å². The average molecular weight is 715 g/mol. The first-order valence-electron chi connectivity index (χ1n) is 18.0. The van der Waals surface area contributed by atoms with Gasteiger partial charge in [0.25, 0.3) is 0 Å². The number of carbonyl (C=O) groups is 4. The van der Waals surface area contributed by atoms with Crippen LogP contribution in [0.2, 0.25) is 18.1 Å². The van der Waals surface area contributed by atoms with Gasteiger partial charge in [0.15, 0.2) is 25.8 Å². The second-order valence-corrected chi connectivity index (χ2v) is 20.1. The van der Waals surface area contributed by atoms with E-state index in [2.05, 4.69) is 20.8 Å². The summed E-state index contributed by atoms with van der Waals surface area (Å²) in [5.74, 6) is -3.81. The van der Waals surface area contributed by atoms with Crippen LogP contribution in [-0.4, -0.2) is 90.6 Å². The van der Waals surface area contributed by atoms with E-state index in [9.17, 15) is 24.6 Å². The summed E-state index contributed by atoms with van der Waals surface area (Å²) in [5, 5.41) is 24.9.